The van der Waals surface area contributed by atoms with E-state index in [0.29, 0.717) is 11.8 Å². The Morgan fingerprint density at radius 2 is 1.22 bits per heavy atom. The molecule has 1 nitrogen and oxygen atoms in total. The lowest BCUT2D eigenvalue weighted by atomic mass is 9.84. The van der Waals surface area contributed by atoms with Crippen LogP contribution in [-0.2, 0) is 0 Å². The van der Waals surface area contributed by atoms with Gasteiger partial charge < -0.3 is 0 Å². The maximum absolute atomic E-state index is 4.12. The van der Waals surface area contributed by atoms with Gasteiger partial charge in [-0.05, 0) is 70.8 Å². The number of rotatable bonds is 7. The molecule has 0 aromatic heterocycles. The number of hydrogen-bond donors (Lipinski definition) is 0. The molecule has 0 radical (unpaired) electrons. The molecule has 0 spiro atoms. The number of hydrogen-bond acceptors (Lipinski definition) is 1. The van der Waals surface area contributed by atoms with Crippen LogP contribution in [0.3, 0.4) is 0 Å². The lowest BCUT2D eigenvalue weighted by Gasteiger charge is -2.29. The molecule has 2 atom stereocenters. The first-order valence-electron chi connectivity index (χ1n) is 11.4. The van der Waals surface area contributed by atoms with E-state index in [9.17, 15) is 0 Å². The topological polar surface area (TPSA) is 3.24 Å². The molecule has 0 fully saturated rings. The maximum atomic E-state index is 4.12. The first kappa shape index (κ1) is 25.9. The van der Waals surface area contributed by atoms with Crippen molar-refractivity contribution in [3.8, 4) is 0 Å². The maximum Gasteiger partial charge on any atom is 0.0196 e. The Bertz CT molecular complexity index is 450. The zero-order chi connectivity index (χ0) is 20.8. The average molecular weight is 374 g/mol. The summed E-state index contributed by atoms with van der Waals surface area (Å²) in [6.45, 7) is 26.3. The summed E-state index contributed by atoms with van der Waals surface area (Å²) >= 11 is 0. The van der Waals surface area contributed by atoms with E-state index in [1.165, 1.54) is 49.7 Å². The molecule has 1 heteroatoms. The molecule has 2 aliphatic rings. The van der Waals surface area contributed by atoms with Crippen LogP contribution >= 0.6 is 0 Å². The molecule has 2 rings (SSSR count). The van der Waals surface area contributed by atoms with Crippen molar-refractivity contribution in [1.29, 1.82) is 0 Å². The molecular weight excluding hydrogens is 326 g/mol. The number of allylic oxidation sites excluding steroid dienone is 4. The minimum Gasteiger partial charge on any atom is -0.296 e. The van der Waals surface area contributed by atoms with Crippen molar-refractivity contribution in [3.05, 3.63) is 47.6 Å². The molecule has 0 aromatic carbocycles. The van der Waals surface area contributed by atoms with Crippen molar-refractivity contribution >= 4 is 0 Å². The summed E-state index contributed by atoms with van der Waals surface area (Å²) in [5.74, 6) is 1.43. The SMILES string of the molecule is C=C(C)C1CC=C(CN(CC)CC2=CCC(C(=C)C)CC2)CC1.CC.CC. The Labute approximate surface area is 171 Å². The fraction of sp³-hybridized carbons (Fsp3) is 0.692. The smallest absolute Gasteiger partial charge is 0.0196 e. The van der Waals surface area contributed by atoms with E-state index in [1.807, 2.05) is 27.7 Å². The lowest BCUT2D eigenvalue weighted by Crippen LogP contribution is -2.29. The summed E-state index contributed by atoms with van der Waals surface area (Å²) in [6.07, 6.45) is 12.5. The molecule has 0 aliphatic heterocycles. The van der Waals surface area contributed by atoms with Crippen LogP contribution in [0.25, 0.3) is 0 Å². The van der Waals surface area contributed by atoms with Gasteiger partial charge in [0.1, 0.15) is 0 Å². The zero-order valence-electron chi connectivity index (χ0n) is 19.5. The molecule has 0 saturated heterocycles. The number of likely N-dealkylation sites (N-methyl/N-ethyl adjacent to an activating group) is 1. The fourth-order valence-electron chi connectivity index (χ4n) is 3.81. The van der Waals surface area contributed by atoms with E-state index in [1.54, 1.807) is 11.1 Å². The summed E-state index contributed by atoms with van der Waals surface area (Å²) in [6, 6.07) is 0. The third-order valence-electron chi connectivity index (χ3n) is 5.70. The predicted molar refractivity (Wildman–Crippen MR) is 125 cm³/mol. The van der Waals surface area contributed by atoms with Crippen LogP contribution in [0.2, 0.25) is 0 Å². The Hall–Kier alpha value is -1.08. The second-order valence-corrected chi connectivity index (χ2v) is 7.66. The summed E-state index contributed by atoms with van der Waals surface area (Å²) < 4.78 is 0. The summed E-state index contributed by atoms with van der Waals surface area (Å²) in [7, 11) is 0. The summed E-state index contributed by atoms with van der Waals surface area (Å²) in [5, 5.41) is 0. The van der Waals surface area contributed by atoms with Gasteiger partial charge in [-0.15, -0.1) is 0 Å². The van der Waals surface area contributed by atoms with Gasteiger partial charge in [0.05, 0.1) is 0 Å². The average Bonchev–Trinajstić information content (AvgIpc) is 2.71. The second-order valence-electron chi connectivity index (χ2n) is 7.66. The predicted octanol–water partition coefficient (Wildman–Crippen LogP) is 7.97. The standard InChI is InChI=1S/C22H35N.2C2H6/c1-6-23(15-19-7-11-21(12-8-19)17(2)3)16-20-9-13-22(14-10-20)18(4)5;2*1-2/h7,9,21-22H,2,4,6,8,10-16H2,1,3,5H3;2*1-2H3. The van der Waals surface area contributed by atoms with Crippen LogP contribution in [0.4, 0.5) is 0 Å². The molecule has 0 bridgehead atoms. The van der Waals surface area contributed by atoms with Crippen LogP contribution in [0.15, 0.2) is 47.6 Å². The Balaban J connectivity index is 0.00000158. The van der Waals surface area contributed by atoms with Gasteiger partial charge in [-0.3, -0.25) is 4.90 Å². The molecule has 0 aromatic rings. The summed E-state index contributed by atoms with van der Waals surface area (Å²) in [4.78, 5) is 2.61. The van der Waals surface area contributed by atoms with Gasteiger partial charge in [-0.25, -0.2) is 0 Å². The van der Waals surface area contributed by atoms with E-state index in [2.05, 4.69) is 51.0 Å². The first-order chi connectivity index (χ1) is 13.0. The third kappa shape index (κ3) is 9.60. The van der Waals surface area contributed by atoms with Crippen molar-refractivity contribution in [2.45, 2.75) is 87.0 Å². The Morgan fingerprint density at radius 3 is 1.44 bits per heavy atom. The van der Waals surface area contributed by atoms with Gasteiger partial charge >= 0.3 is 0 Å². The van der Waals surface area contributed by atoms with E-state index in [0.717, 1.165) is 19.6 Å². The Morgan fingerprint density at radius 1 is 0.852 bits per heavy atom. The molecular formula is C26H47N. The molecule has 0 saturated carbocycles. The lowest BCUT2D eigenvalue weighted by molar-refractivity contribution is 0.321. The van der Waals surface area contributed by atoms with E-state index in [-0.39, 0.29) is 0 Å². The number of nitrogens with zero attached hydrogens (tertiary/aromatic N) is 1. The second kappa shape index (κ2) is 14.9. The highest BCUT2D eigenvalue weighted by atomic mass is 15.1. The highest BCUT2D eigenvalue weighted by molar-refractivity contribution is 5.16. The minimum atomic E-state index is 0.717. The first-order valence-corrected chi connectivity index (χ1v) is 11.4. The fourth-order valence-corrected chi connectivity index (χ4v) is 3.81. The van der Waals surface area contributed by atoms with Crippen molar-refractivity contribution in [3.63, 3.8) is 0 Å². The van der Waals surface area contributed by atoms with Crippen LogP contribution in [0.1, 0.15) is 87.0 Å². The zero-order valence-corrected chi connectivity index (χ0v) is 19.5. The van der Waals surface area contributed by atoms with E-state index >= 15 is 0 Å². The highest BCUT2D eigenvalue weighted by Crippen LogP contribution is 2.30. The van der Waals surface area contributed by atoms with Gasteiger partial charge in [-0.2, -0.15) is 0 Å². The highest BCUT2D eigenvalue weighted by Gasteiger charge is 2.19. The molecule has 156 valence electrons. The van der Waals surface area contributed by atoms with Gasteiger partial charge in [0.2, 0.25) is 0 Å². The van der Waals surface area contributed by atoms with Crippen molar-refractivity contribution in [2.24, 2.45) is 11.8 Å². The van der Waals surface area contributed by atoms with Crippen molar-refractivity contribution in [2.75, 3.05) is 19.6 Å². The molecule has 0 heterocycles. The molecule has 0 N–H and O–H groups in total. The molecule has 0 amide bonds. The van der Waals surface area contributed by atoms with Crippen LogP contribution < -0.4 is 0 Å². The molecule has 27 heavy (non-hydrogen) atoms. The minimum absolute atomic E-state index is 0.717. The largest absolute Gasteiger partial charge is 0.296 e. The van der Waals surface area contributed by atoms with Crippen LogP contribution in [0, 0.1) is 11.8 Å². The van der Waals surface area contributed by atoms with Crippen LogP contribution in [-0.4, -0.2) is 24.5 Å². The van der Waals surface area contributed by atoms with E-state index in [4.69, 9.17) is 0 Å². The van der Waals surface area contributed by atoms with Gasteiger partial charge in [0, 0.05) is 13.1 Å². The normalized spacial score (nSPS) is 21.8. The quantitative estimate of drug-likeness (QED) is 0.409. The van der Waals surface area contributed by atoms with Crippen molar-refractivity contribution in [1.82, 2.24) is 4.90 Å². The molecule has 2 unspecified atom stereocenters. The molecule has 2 aliphatic carbocycles. The van der Waals surface area contributed by atoms with Crippen molar-refractivity contribution < 1.29 is 0 Å². The van der Waals surface area contributed by atoms with Gasteiger partial charge in [0.25, 0.3) is 0 Å². The summed E-state index contributed by atoms with van der Waals surface area (Å²) in [5.41, 5.74) is 5.99. The third-order valence-corrected chi connectivity index (χ3v) is 5.70. The van der Waals surface area contributed by atoms with Crippen LogP contribution in [0.5, 0.6) is 0 Å². The van der Waals surface area contributed by atoms with E-state index < -0.39 is 0 Å². The Kier molecular flexibility index (Phi) is 14.3. The monoisotopic (exact) mass is 373 g/mol. The van der Waals surface area contributed by atoms with Gasteiger partial charge in [-0.1, -0.05) is 82.2 Å². The van der Waals surface area contributed by atoms with Gasteiger partial charge in [0.15, 0.2) is 0 Å².